The van der Waals surface area contributed by atoms with Gasteiger partial charge in [-0.15, -0.1) is 0 Å². The van der Waals surface area contributed by atoms with Crippen molar-refractivity contribution in [1.82, 2.24) is 19.8 Å². The summed E-state index contributed by atoms with van der Waals surface area (Å²) in [5.74, 6) is 0.515. The van der Waals surface area contributed by atoms with E-state index < -0.39 is 0 Å². The van der Waals surface area contributed by atoms with E-state index in [1.807, 2.05) is 42.5 Å². The molecule has 2 aromatic carbocycles. The molecule has 6 rings (SSSR count). The number of methoxy groups -OCH3 is 1. The van der Waals surface area contributed by atoms with Crippen molar-refractivity contribution in [3.8, 4) is 11.4 Å². The van der Waals surface area contributed by atoms with Gasteiger partial charge in [-0.2, -0.15) is 0 Å². The molecule has 4 heterocycles. The summed E-state index contributed by atoms with van der Waals surface area (Å²) in [7, 11) is 1.59. The fourth-order valence-corrected chi connectivity index (χ4v) is 6.62. The number of nitrogens with zero attached hydrogens (tertiary/aromatic N) is 4. The number of anilines is 2. The molecule has 0 radical (unpaired) electrons. The topological polar surface area (TPSA) is 83.9 Å². The van der Waals surface area contributed by atoms with Crippen LogP contribution in [0.2, 0.25) is 0 Å². The number of benzene rings is 2. The number of aromatic nitrogens is 2. The molecule has 0 bridgehead atoms. The number of rotatable bonds is 9. The van der Waals surface area contributed by atoms with Gasteiger partial charge in [0.1, 0.15) is 5.75 Å². The zero-order valence-corrected chi connectivity index (χ0v) is 26.1. The van der Waals surface area contributed by atoms with Crippen LogP contribution in [0.1, 0.15) is 41.1 Å². The molecule has 1 amide bonds. The molecule has 0 saturated carbocycles. The van der Waals surface area contributed by atoms with Gasteiger partial charge in [0.05, 0.1) is 43.8 Å². The zero-order chi connectivity index (χ0) is 30.6. The Labute approximate surface area is 263 Å². The lowest BCUT2D eigenvalue weighted by molar-refractivity contribution is -0.116. The van der Waals surface area contributed by atoms with Gasteiger partial charge in [-0.05, 0) is 86.2 Å². The van der Waals surface area contributed by atoms with Crippen molar-refractivity contribution >= 4 is 34.6 Å². The van der Waals surface area contributed by atoms with Crippen LogP contribution in [0.5, 0.6) is 5.75 Å². The molecule has 10 heteroatoms. The number of ether oxygens (including phenoxy) is 2. The number of para-hydroxylation sites is 2. The molecule has 0 unspecified atom stereocenters. The third kappa shape index (κ3) is 6.00. The largest absolute Gasteiger partial charge is 0.495 e. The van der Waals surface area contributed by atoms with Gasteiger partial charge in [0.15, 0.2) is 5.11 Å². The van der Waals surface area contributed by atoms with E-state index in [1.165, 1.54) is 5.69 Å². The highest BCUT2D eigenvalue weighted by Gasteiger charge is 2.41. The molecule has 228 valence electrons. The molecule has 9 nitrogen and oxygen atoms in total. The van der Waals surface area contributed by atoms with Crippen LogP contribution >= 0.6 is 12.2 Å². The van der Waals surface area contributed by atoms with Crippen LogP contribution in [0.3, 0.4) is 0 Å². The van der Waals surface area contributed by atoms with E-state index in [9.17, 15) is 4.79 Å². The van der Waals surface area contributed by atoms with E-state index in [4.69, 9.17) is 21.7 Å². The van der Waals surface area contributed by atoms with Crippen LogP contribution in [-0.2, 0) is 9.53 Å². The van der Waals surface area contributed by atoms with Gasteiger partial charge in [0.25, 0.3) is 0 Å². The average molecular weight is 611 g/mol. The Hall–Kier alpha value is -4.41. The monoisotopic (exact) mass is 610 g/mol. The first-order valence-corrected chi connectivity index (χ1v) is 15.4. The number of amides is 1. The molecule has 2 aliphatic rings. The Kier molecular flexibility index (Phi) is 8.81. The van der Waals surface area contributed by atoms with E-state index in [1.54, 1.807) is 13.3 Å². The normalized spacial score (nSPS) is 18.3. The standard InChI is InChI=1S/C34H38N6O3S/c1-23-22-27(24(2)40(23)26-13-11-25(12-14-26)38-18-20-43-21-19-38)33-32(29-9-6-7-16-35-29)37-34(44)39(33)17-15-31(41)36-28-8-4-5-10-30(28)42-3/h4-14,16,22,32-33H,15,17-21H2,1-3H3,(H,36,41)(H,37,44)/t32-,33-/m0/s1. The minimum atomic E-state index is -0.168. The average Bonchev–Trinajstić information content (AvgIpc) is 3.54. The lowest BCUT2D eigenvalue weighted by Crippen LogP contribution is -2.36. The third-order valence-corrected chi connectivity index (χ3v) is 8.78. The molecule has 2 saturated heterocycles. The van der Waals surface area contributed by atoms with Crippen LogP contribution < -0.4 is 20.3 Å². The smallest absolute Gasteiger partial charge is 0.226 e. The first-order chi connectivity index (χ1) is 21.4. The van der Waals surface area contributed by atoms with Crippen molar-refractivity contribution in [2.24, 2.45) is 0 Å². The predicted molar refractivity (Wildman–Crippen MR) is 177 cm³/mol. The van der Waals surface area contributed by atoms with Crippen LogP contribution in [0.4, 0.5) is 11.4 Å². The van der Waals surface area contributed by atoms with Crippen molar-refractivity contribution < 1.29 is 14.3 Å². The fourth-order valence-electron chi connectivity index (χ4n) is 6.29. The number of morpholine rings is 1. The second-order valence-electron chi connectivity index (χ2n) is 11.1. The maximum atomic E-state index is 13.1. The molecule has 4 aromatic rings. The number of thiocarbonyl (C=S) groups is 1. The summed E-state index contributed by atoms with van der Waals surface area (Å²) in [6.45, 7) is 8.05. The molecule has 44 heavy (non-hydrogen) atoms. The summed E-state index contributed by atoms with van der Waals surface area (Å²) in [5, 5.41) is 7.12. The van der Waals surface area contributed by atoms with E-state index >= 15 is 0 Å². The first-order valence-electron chi connectivity index (χ1n) is 15.0. The summed E-state index contributed by atoms with van der Waals surface area (Å²) >= 11 is 5.88. The minimum Gasteiger partial charge on any atom is -0.495 e. The quantitative estimate of drug-likeness (QED) is 0.246. The predicted octanol–water partition coefficient (Wildman–Crippen LogP) is 5.34. The lowest BCUT2D eigenvalue weighted by Gasteiger charge is -2.29. The maximum Gasteiger partial charge on any atom is 0.226 e. The second kappa shape index (κ2) is 13.1. The van der Waals surface area contributed by atoms with E-state index in [2.05, 4.69) is 74.2 Å². The van der Waals surface area contributed by atoms with Gasteiger partial charge < -0.3 is 34.5 Å². The van der Waals surface area contributed by atoms with Crippen molar-refractivity contribution in [2.75, 3.05) is 50.2 Å². The number of nitrogens with one attached hydrogen (secondary N) is 2. The van der Waals surface area contributed by atoms with Gasteiger partial charge in [-0.25, -0.2) is 0 Å². The Morgan fingerprint density at radius 1 is 1.05 bits per heavy atom. The Balaban J connectivity index is 1.28. The Morgan fingerprint density at radius 2 is 1.77 bits per heavy atom. The SMILES string of the molecule is COc1ccccc1NC(=O)CCN1C(=S)N[C@@H](c2ccccn2)[C@@H]1c1cc(C)n(-c2ccc(N3CCOCC3)cc2)c1C. The molecule has 2 atom stereocenters. The van der Waals surface area contributed by atoms with E-state index in [-0.39, 0.29) is 24.4 Å². The molecule has 0 spiro atoms. The van der Waals surface area contributed by atoms with E-state index in [0.717, 1.165) is 54.6 Å². The molecular weight excluding hydrogens is 572 g/mol. The van der Waals surface area contributed by atoms with Gasteiger partial charge in [0, 0.05) is 55.0 Å². The highest BCUT2D eigenvalue weighted by molar-refractivity contribution is 7.80. The number of hydrogen-bond donors (Lipinski definition) is 2. The number of aryl methyl sites for hydroxylation is 1. The number of carbonyl (C=O) groups is 1. The summed E-state index contributed by atoms with van der Waals surface area (Å²) < 4.78 is 13.2. The summed E-state index contributed by atoms with van der Waals surface area (Å²) in [6, 6.07) is 24.0. The maximum absolute atomic E-state index is 13.1. The second-order valence-corrected chi connectivity index (χ2v) is 11.5. The van der Waals surface area contributed by atoms with Crippen LogP contribution in [0.15, 0.2) is 79.0 Å². The molecular formula is C34H38N6O3S. The van der Waals surface area contributed by atoms with Gasteiger partial charge in [-0.3, -0.25) is 9.78 Å². The number of pyridine rings is 1. The molecule has 2 N–H and O–H groups in total. The molecule has 2 aliphatic heterocycles. The summed E-state index contributed by atoms with van der Waals surface area (Å²) in [5.41, 5.74) is 7.26. The van der Waals surface area contributed by atoms with Crippen LogP contribution in [0, 0.1) is 13.8 Å². The number of carbonyl (C=O) groups excluding carboxylic acids is 1. The zero-order valence-electron chi connectivity index (χ0n) is 25.3. The third-order valence-electron chi connectivity index (χ3n) is 8.43. The van der Waals surface area contributed by atoms with Gasteiger partial charge in [0.2, 0.25) is 5.91 Å². The van der Waals surface area contributed by atoms with Crippen molar-refractivity contribution in [2.45, 2.75) is 32.4 Å². The van der Waals surface area contributed by atoms with Crippen LogP contribution in [-0.4, -0.2) is 65.4 Å². The van der Waals surface area contributed by atoms with Gasteiger partial charge >= 0.3 is 0 Å². The summed E-state index contributed by atoms with van der Waals surface area (Å²) in [6.07, 6.45) is 2.06. The highest BCUT2D eigenvalue weighted by Crippen LogP contribution is 2.41. The summed E-state index contributed by atoms with van der Waals surface area (Å²) in [4.78, 5) is 22.3. The molecule has 2 aromatic heterocycles. The lowest BCUT2D eigenvalue weighted by atomic mass is 9.96. The highest BCUT2D eigenvalue weighted by atomic mass is 32.1. The molecule has 2 fully saturated rings. The van der Waals surface area contributed by atoms with Crippen LogP contribution in [0.25, 0.3) is 5.69 Å². The minimum absolute atomic E-state index is 0.108. The Morgan fingerprint density at radius 3 is 2.50 bits per heavy atom. The Bertz CT molecular complexity index is 1620. The molecule has 0 aliphatic carbocycles. The number of hydrogen-bond acceptors (Lipinski definition) is 6. The first kappa shape index (κ1) is 29.7. The van der Waals surface area contributed by atoms with Crippen molar-refractivity contribution in [3.05, 3.63) is 102 Å². The van der Waals surface area contributed by atoms with E-state index in [0.29, 0.717) is 23.1 Å². The fraction of sp³-hybridized carbons (Fsp3) is 0.324. The van der Waals surface area contributed by atoms with Crippen molar-refractivity contribution in [3.63, 3.8) is 0 Å². The van der Waals surface area contributed by atoms with Crippen molar-refractivity contribution in [1.29, 1.82) is 0 Å². The van der Waals surface area contributed by atoms with Gasteiger partial charge in [-0.1, -0.05) is 18.2 Å².